The average Bonchev–Trinajstić information content (AvgIpc) is 2.76. The van der Waals surface area contributed by atoms with Crippen molar-refractivity contribution in [1.29, 1.82) is 0 Å². The minimum absolute atomic E-state index is 0.168. The van der Waals surface area contributed by atoms with E-state index in [-0.39, 0.29) is 5.54 Å². The highest BCUT2D eigenvalue weighted by atomic mass is 15.2. The third-order valence-corrected chi connectivity index (χ3v) is 3.11. The number of hydrogen-bond acceptors (Lipinski definition) is 2. The lowest BCUT2D eigenvalue weighted by atomic mass is 10.0. The molecule has 0 unspecified atom stereocenters. The van der Waals surface area contributed by atoms with E-state index in [1.807, 2.05) is 11.7 Å². The lowest BCUT2D eigenvalue weighted by molar-refractivity contribution is 0.607. The SMILES string of the molecule is CCc1nn(C)cc1CCC1(N)CC1. The van der Waals surface area contributed by atoms with Crippen molar-refractivity contribution < 1.29 is 0 Å². The molecule has 2 rings (SSSR count). The first kappa shape index (κ1) is 9.71. The molecule has 1 fully saturated rings. The molecule has 0 amide bonds. The summed E-state index contributed by atoms with van der Waals surface area (Å²) in [6.07, 6.45) is 7.76. The summed E-state index contributed by atoms with van der Waals surface area (Å²) in [6.45, 7) is 2.15. The Morgan fingerprint density at radius 3 is 2.86 bits per heavy atom. The lowest BCUT2D eigenvalue weighted by Crippen LogP contribution is -2.22. The van der Waals surface area contributed by atoms with E-state index in [4.69, 9.17) is 5.73 Å². The summed E-state index contributed by atoms with van der Waals surface area (Å²) in [5.74, 6) is 0. The molecule has 0 atom stereocenters. The van der Waals surface area contributed by atoms with Crippen LogP contribution in [0.4, 0.5) is 0 Å². The fourth-order valence-corrected chi connectivity index (χ4v) is 1.88. The highest BCUT2D eigenvalue weighted by molar-refractivity contribution is 5.18. The molecule has 0 aliphatic heterocycles. The molecule has 1 aromatic rings. The second kappa shape index (κ2) is 3.39. The fraction of sp³-hybridized carbons (Fsp3) is 0.727. The van der Waals surface area contributed by atoms with Gasteiger partial charge in [0.1, 0.15) is 0 Å². The van der Waals surface area contributed by atoms with Gasteiger partial charge in [-0.2, -0.15) is 5.10 Å². The van der Waals surface area contributed by atoms with Crippen LogP contribution in [-0.2, 0) is 19.9 Å². The average molecular weight is 193 g/mol. The molecule has 3 heteroatoms. The highest BCUT2D eigenvalue weighted by Gasteiger charge is 2.37. The molecule has 0 aromatic carbocycles. The molecule has 0 spiro atoms. The van der Waals surface area contributed by atoms with E-state index in [0.717, 1.165) is 19.3 Å². The van der Waals surface area contributed by atoms with E-state index in [1.165, 1.54) is 24.1 Å². The first-order valence-electron chi connectivity index (χ1n) is 5.43. The summed E-state index contributed by atoms with van der Waals surface area (Å²) < 4.78 is 1.91. The van der Waals surface area contributed by atoms with Crippen LogP contribution in [0.5, 0.6) is 0 Å². The van der Waals surface area contributed by atoms with Gasteiger partial charge in [0.05, 0.1) is 5.69 Å². The Labute approximate surface area is 85.3 Å². The van der Waals surface area contributed by atoms with E-state index in [9.17, 15) is 0 Å². The Morgan fingerprint density at radius 1 is 1.57 bits per heavy atom. The molecular weight excluding hydrogens is 174 g/mol. The van der Waals surface area contributed by atoms with Crippen molar-refractivity contribution in [2.45, 2.75) is 44.6 Å². The summed E-state index contributed by atoms with van der Waals surface area (Å²) in [5.41, 5.74) is 8.85. The van der Waals surface area contributed by atoms with Crippen molar-refractivity contribution in [1.82, 2.24) is 9.78 Å². The molecule has 1 aromatic heterocycles. The van der Waals surface area contributed by atoms with E-state index in [2.05, 4.69) is 18.2 Å². The Bertz CT molecular complexity index is 323. The first-order chi connectivity index (χ1) is 6.63. The summed E-state index contributed by atoms with van der Waals surface area (Å²) in [5, 5.41) is 4.43. The number of hydrogen-bond donors (Lipinski definition) is 1. The predicted octanol–water partition coefficient (Wildman–Crippen LogP) is 1.41. The zero-order valence-electron chi connectivity index (χ0n) is 9.08. The monoisotopic (exact) mass is 193 g/mol. The van der Waals surface area contributed by atoms with Crippen LogP contribution in [0.3, 0.4) is 0 Å². The van der Waals surface area contributed by atoms with Crippen molar-refractivity contribution >= 4 is 0 Å². The van der Waals surface area contributed by atoms with Gasteiger partial charge in [-0.15, -0.1) is 0 Å². The van der Waals surface area contributed by atoms with Gasteiger partial charge in [0.25, 0.3) is 0 Å². The Kier molecular flexibility index (Phi) is 2.35. The van der Waals surface area contributed by atoms with Crippen LogP contribution in [0.15, 0.2) is 6.20 Å². The molecule has 1 aliphatic carbocycles. The Balaban J connectivity index is 2.00. The number of aromatic nitrogens is 2. The zero-order chi connectivity index (χ0) is 10.2. The minimum atomic E-state index is 0.168. The predicted molar refractivity (Wildman–Crippen MR) is 57.1 cm³/mol. The van der Waals surface area contributed by atoms with Gasteiger partial charge in [0.15, 0.2) is 0 Å². The van der Waals surface area contributed by atoms with Gasteiger partial charge >= 0.3 is 0 Å². The van der Waals surface area contributed by atoms with Gasteiger partial charge in [-0.25, -0.2) is 0 Å². The normalized spacial score (nSPS) is 18.5. The second-order valence-corrected chi connectivity index (χ2v) is 4.49. The van der Waals surface area contributed by atoms with Crippen LogP contribution in [-0.4, -0.2) is 15.3 Å². The number of rotatable bonds is 4. The second-order valence-electron chi connectivity index (χ2n) is 4.49. The smallest absolute Gasteiger partial charge is 0.0653 e. The maximum atomic E-state index is 6.07. The van der Waals surface area contributed by atoms with Gasteiger partial charge in [-0.1, -0.05) is 6.92 Å². The van der Waals surface area contributed by atoms with Crippen LogP contribution >= 0.6 is 0 Å². The van der Waals surface area contributed by atoms with Crippen molar-refractivity contribution in [3.05, 3.63) is 17.5 Å². The third kappa shape index (κ3) is 1.98. The minimum Gasteiger partial charge on any atom is -0.325 e. The van der Waals surface area contributed by atoms with Gasteiger partial charge < -0.3 is 5.73 Å². The quantitative estimate of drug-likeness (QED) is 0.785. The van der Waals surface area contributed by atoms with Crippen LogP contribution < -0.4 is 5.73 Å². The molecule has 78 valence electrons. The summed E-state index contributed by atoms with van der Waals surface area (Å²) in [6, 6.07) is 0. The van der Waals surface area contributed by atoms with Crippen molar-refractivity contribution in [3.8, 4) is 0 Å². The summed E-state index contributed by atoms with van der Waals surface area (Å²) in [4.78, 5) is 0. The van der Waals surface area contributed by atoms with Gasteiger partial charge in [0, 0.05) is 18.8 Å². The standard InChI is InChI=1S/C11H19N3/c1-3-10-9(8-14(2)13-10)4-5-11(12)6-7-11/h8H,3-7,12H2,1-2H3. The van der Waals surface area contributed by atoms with Crippen molar-refractivity contribution in [2.24, 2.45) is 12.8 Å². The van der Waals surface area contributed by atoms with Crippen LogP contribution in [0.2, 0.25) is 0 Å². The van der Waals surface area contributed by atoms with Crippen molar-refractivity contribution in [2.75, 3.05) is 0 Å². The van der Waals surface area contributed by atoms with E-state index in [0.29, 0.717) is 0 Å². The molecule has 1 aliphatic rings. The Morgan fingerprint density at radius 2 is 2.29 bits per heavy atom. The maximum absolute atomic E-state index is 6.07. The molecule has 3 nitrogen and oxygen atoms in total. The number of nitrogens with zero attached hydrogens (tertiary/aromatic N) is 2. The molecular formula is C11H19N3. The highest BCUT2D eigenvalue weighted by Crippen LogP contribution is 2.36. The van der Waals surface area contributed by atoms with Crippen molar-refractivity contribution in [3.63, 3.8) is 0 Å². The molecule has 1 heterocycles. The van der Waals surface area contributed by atoms with Gasteiger partial charge in [-0.05, 0) is 37.7 Å². The van der Waals surface area contributed by atoms with E-state index < -0.39 is 0 Å². The fourth-order valence-electron chi connectivity index (χ4n) is 1.88. The maximum Gasteiger partial charge on any atom is 0.0653 e. The molecule has 14 heavy (non-hydrogen) atoms. The van der Waals surface area contributed by atoms with E-state index >= 15 is 0 Å². The zero-order valence-corrected chi connectivity index (χ0v) is 9.08. The van der Waals surface area contributed by atoms with Crippen LogP contribution in [0.25, 0.3) is 0 Å². The summed E-state index contributed by atoms with van der Waals surface area (Å²) >= 11 is 0. The topological polar surface area (TPSA) is 43.8 Å². The lowest BCUT2D eigenvalue weighted by Gasteiger charge is -2.06. The number of nitrogens with two attached hydrogens (primary N) is 1. The van der Waals surface area contributed by atoms with Crippen LogP contribution in [0.1, 0.15) is 37.4 Å². The molecule has 2 N–H and O–H groups in total. The van der Waals surface area contributed by atoms with E-state index in [1.54, 1.807) is 0 Å². The first-order valence-corrected chi connectivity index (χ1v) is 5.43. The molecule has 0 radical (unpaired) electrons. The molecule has 0 saturated heterocycles. The van der Waals surface area contributed by atoms with Crippen LogP contribution in [0, 0.1) is 0 Å². The summed E-state index contributed by atoms with van der Waals surface area (Å²) in [7, 11) is 1.98. The number of aryl methyl sites for hydroxylation is 3. The largest absolute Gasteiger partial charge is 0.325 e. The molecule has 0 bridgehead atoms. The van der Waals surface area contributed by atoms with Gasteiger partial charge in [0.2, 0.25) is 0 Å². The Hall–Kier alpha value is -0.830. The molecule has 1 saturated carbocycles. The third-order valence-electron chi connectivity index (χ3n) is 3.11. The van der Waals surface area contributed by atoms with Gasteiger partial charge in [-0.3, -0.25) is 4.68 Å².